The van der Waals surface area contributed by atoms with Crippen LogP contribution in [0.1, 0.15) is 32.6 Å². The van der Waals surface area contributed by atoms with E-state index in [4.69, 9.17) is 5.11 Å². The van der Waals surface area contributed by atoms with Crippen molar-refractivity contribution in [3.63, 3.8) is 0 Å². The Morgan fingerprint density at radius 1 is 1.40 bits per heavy atom. The molecule has 0 bridgehead atoms. The molecule has 1 saturated carbocycles. The third-order valence-corrected chi connectivity index (χ3v) is 4.59. The zero-order chi connectivity index (χ0) is 11.5. The first kappa shape index (κ1) is 12.9. The van der Waals surface area contributed by atoms with Crippen LogP contribution in [-0.2, 0) is 9.84 Å². The molecule has 0 aromatic rings. The fraction of sp³-hybridized carbons (Fsp3) is 1.00. The standard InChI is InChI=1S/C10H21NO3S/c1-8(12)7-11-9-5-3-4-6-10(9)15(2,13)14/h8-12H,3-7H2,1-2H3. The smallest absolute Gasteiger partial charge is 0.151 e. The molecule has 0 aliphatic heterocycles. The van der Waals surface area contributed by atoms with Gasteiger partial charge in [0.1, 0.15) is 0 Å². The third-order valence-electron chi connectivity index (χ3n) is 2.93. The highest BCUT2D eigenvalue weighted by Gasteiger charge is 2.32. The lowest BCUT2D eigenvalue weighted by Crippen LogP contribution is -2.47. The van der Waals surface area contributed by atoms with Crippen LogP contribution in [0.25, 0.3) is 0 Å². The molecule has 0 radical (unpaired) electrons. The van der Waals surface area contributed by atoms with Crippen LogP contribution in [0, 0.1) is 0 Å². The molecule has 0 amide bonds. The lowest BCUT2D eigenvalue weighted by atomic mass is 9.95. The molecule has 0 heterocycles. The van der Waals surface area contributed by atoms with E-state index in [-0.39, 0.29) is 11.3 Å². The van der Waals surface area contributed by atoms with Gasteiger partial charge < -0.3 is 10.4 Å². The summed E-state index contributed by atoms with van der Waals surface area (Å²) in [5.41, 5.74) is 0. The SMILES string of the molecule is CC(O)CNC1CCCCC1S(C)(=O)=O. The van der Waals surface area contributed by atoms with Crippen LogP contribution in [0.15, 0.2) is 0 Å². The fourth-order valence-electron chi connectivity index (χ4n) is 2.16. The third kappa shape index (κ3) is 4.09. The van der Waals surface area contributed by atoms with Crippen molar-refractivity contribution in [1.29, 1.82) is 0 Å². The van der Waals surface area contributed by atoms with Crippen LogP contribution in [0.5, 0.6) is 0 Å². The van der Waals surface area contributed by atoms with Crippen molar-refractivity contribution in [2.24, 2.45) is 0 Å². The number of hydrogen-bond acceptors (Lipinski definition) is 4. The van der Waals surface area contributed by atoms with Crippen LogP contribution < -0.4 is 5.32 Å². The molecule has 1 rings (SSSR count). The second-order valence-electron chi connectivity index (χ2n) is 4.52. The van der Waals surface area contributed by atoms with E-state index in [1.807, 2.05) is 0 Å². The molecule has 0 aromatic carbocycles. The molecule has 3 atom stereocenters. The van der Waals surface area contributed by atoms with Gasteiger partial charge >= 0.3 is 0 Å². The summed E-state index contributed by atoms with van der Waals surface area (Å²) < 4.78 is 23.1. The summed E-state index contributed by atoms with van der Waals surface area (Å²) in [7, 11) is -2.97. The molecule has 4 nitrogen and oxygen atoms in total. The van der Waals surface area contributed by atoms with E-state index in [1.165, 1.54) is 6.26 Å². The van der Waals surface area contributed by atoms with Gasteiger partial charge in [0.25, 0.3) is 0 Å². The molecule has 3 unspecified atom stereocenters. The highest BCUT2D eigenvalue weighted by Crippen LogP contribution is 2.23. The van der Waals surface area contributed by atoms with Gasteiger partial charge in [0, 0.05) is 18.8 Å². The molecule has 2 N–H and O–H groups in total. The van der Waals surface area contributed by atoms with Crippen molar-refractivity contribution < 1.29 is 13.5 Å². The van der Waals surface area contributed by atoms with E-state index in [9.17, 15) is 8.42 Å². The van der Waals surface area contributed by atoms with Crippen molar-refractivity contribution >= 4 is 9.84 Å². The Hall–Kier alpha value is -0.130. The summed E-state index contributed by atoms with van der Waals surface area (Å²) in [6, 6.07) is 0.0170. The maximum atomic E-state index is 11.5. The van der Waals surface area contributed by atoms with Crippen molar-refractivity contribution in [1.82, 2.24) is 5.32 Å². The highest BCUT2D eigenvalue weighted by molar-refractivity contribution is 7.91. The topological polar surface area (TPSA) is 66.4 Å². The molecule has 15 heavy (non-hydrogen) atoms. The molecular formula is C10H21NO3S. The van der Waals surface area contributed by atoms with Crippen LogP contribution in [0.4, 0.5) is 0 Å². The maximum absolute atomic E-state index is 11.5. The quantitative estimate of drug-likeness (QED) is 0.736. The molecule has 1 aliphatic rings. The van der Waals surface area contributed by atoms with Crippen molar-refractivity contribution in [3.8, 4) is 0 Å². The van der Waals surface area contributed by atoms with E-state index in [1.54, 1.807) is 6.92 Å². The van der Waals surface area contributed by atoms with E-state index >= 15 is 0 Å². The molecule has 0 aromatic heterocycles. The van der Waals surface area contributed by atoms with Gasteiger partial charge in [-0.05, 0) is 19.8 Å². The number of aliphatic hydroxyl groups is 1. The highest BCUT2D eigenvalue weighted by atomic mass is 32.2. The first-order chi connectivity index (χ1) is 6.91. The minimum absolute atomic E-state index is 0.0170. The number of sulfone groups is 1. The Kier molecular flexibility index (Phi) is 4.55. The molecule has 1 aliphatic carbocycles. The van der Waals surface area contributed by atoms with Gasteiger partial charge in [-0.3, -0.25) is 0 Å². The first-order valence-electron chi connectivity index (χ1n) is 5.51. The number of nitrogens with one attached hydrogen (secondary N) is 1. The zero-order valence-corrected chi connectivity index (χ0v) is 10.3. The summed E-state index contributed by atoms with van der Waals surface area (Å²) in [6.07, 6.45) is 4.58. The van der Waals surface area contributed by atoms with Gasteiger partial charge in [0.05, 0.1) is 11.4 Å². The molecule has 0 saturated heterocycles. The minimum atomic E-state index is -2.97. The monoisotopic (exact) mass is 235 g/mol. The Bertz CT molecular complexity index is 287. The second kappa shape index (κ2) is 5.27. The lowest BCUT2D eigenvalue weighted by Gasteiger charge is -2.31. The molecule has 90 valence electrons. The molecular weight excluding hydrogens is 214 g/mol. The van der Waals surface area contributed by atoms with Crippen molar-refractivity contribution in [2.75, 3.05) is 12.8 Å². The second-order valence-corrected chi connectivity index (χ2v) is 6.78. The largest absolute Gasteiger partial charge is 0.392 e. The minimum Gasteiger partial charge on any atom is -0.392 e. The van der Waals surface area contributed by atoms with Gasteiger partial charge in [0.2, 0.25) is 0 Å². The average Bonchev–Trinajstić information content (AvgIpc) is 2.13. The molecule has 1 fully saturated rings. The first-order valence-corrected chi connectivity index (χ1v) is 7.47. The maximum Gasteiger partial charge on any atom is 0.151 e. The predicted octanol–water partition coefficient (Wildman–Crippen LogP) is 0.313. The summed E-state index contributed by atoms with van der Waals surface area (Å²) in [5, 5.41) is 12.0. The summed E-state index contributed by atoms with van der Waals surface area (Å²) in [5.74, 6) is 0. The van der Waals surface area contributed by atoms with Crippen molar-refractivity contribution in [2.45, 2.75) is 50.0 Å². The van der Waals surface area contributed by atoms with Gasteiger partial charge in [-0.1, -0.05) is 12.8 Å². The number of rotatable bonds is 4. The van der Waals surface area contributed by atoms with Crippen LogP contribution in [0.2, 0.25) is 0 Å². The summed E-state index contributed by atoms with van der Waals surface area (Å²) >= 11 is 0. The summed E-state index contributed by atoms with van der Waals surface area (Å²) in [6.45, 7) is 2.17. The van der Waals surface area contributed by atoms with Gasteiger partial charge in [-0.25, -0.2) is 8.42 Å². The predicted molar refractivity (Wildman–Crippen MR) is 60.6 cm³/mol. The van der Waals surface area contributed by atoms with E-state index in [0.717, 1.165) is 25.7 Å². The van der Waals surface area contributed by atoms with Gasteiger partial charge in [-0.15, -0.1) is 0 Å². The zero-order valence-electron chi connectivity index (χ0n) is 9.44. The van der Waals surface area contributed by atoms with Crippen LogP contribution in [0.3, 0.4) is 0 Å². The Labute approximate surface area is 92.0 Å². The number of hydrogen-bond donors (Lipinski definition) is 2. The van der Waals surface area contributed by atoms with Gasteiger partial charge in [-0.2, -0.15) is 0 Å². The Morgan fingerprint density at radius 2 is 2.00 bits per heavy atom. The number of aliphatic hydroxyl groups excluding tert-OH is 1. The molecule has 5 heteroatoms. The lowest BCUT2D eigenvalue weighted by molar-refractivity contribution is 0.181. The summed E-state index contributed by atoms with van der Waals surface area (Å²) in [4.78, 5) is 0. The van der Waals surface area contributed by atoms with E-state index < -0.39 is 15.9 Å². The Morgan fingerprint density at radius 3 is 2.53 bits per heavy atom. The van der Waals surface area contributed by atoms with E-state index in [0.29, 0.717) is 6.54 Å². The molecule has 0 spiro atoms. The normalized spacial score (nSPS) is 30.1. The van der Waals surface area contributed by atoms with Crippen LogP contribution in [-0.4, -0.2) is 43.7 Å². The van der Waals surface area contributed by atoms with Crippen LogP contribution >= 0.6 is 0 Å². The average molecular weight is 235 g/mol. The fourth-order valence-corrected chi connectivity index (χ4v) is 3.59. The Balaban J connectivity index is 2.58. The van der Waals surface area contributed by atoms with Crippen molar-refractivity contribution in [3.05, 3.63) is 0 Å². The van der Waals surface area contributed by atoms with E-state index in [2.05, 4.69) is 5.32 Å². The van der Waals surface area contributed by atoms with Gasteiger partial charge in [0.15, 0.2) is 9.84 Å².